The second-order valence-corrected chi connectivity index (χ2v) is 31.0. The van der Waals surface area contributed by atoms with Gasteiger partial charge in [0, 0.05) is 60.7 Å². The van der Waals surface area contributed by atoms with Crippen LogP contribution in [0.3, 0.4) is 0 Å². The zero-order valence-corrected chi connectivity index (χ0v) is 42.7. The van der Waals surface area contributed by atoms with Crippen molar-refractivity contribution in [3.63, 3.8) is 0 Å². The highest BCUT2D eigenvalue weighted by Gasteiger charge is 2.78. The molecule has 0 aromatic heterocycles. The highest BCUT2D eigenvalue weighted by molar-refractivity contribution is 7.88. The second kappa shape index (κ2) is 14.1. The molecule has 0 radical (unpaired) electrons. The molecule has 15 aliphatic rings. The maximum absolute atomic E-state index is 11.9. The normalized spacial score (nSPS) is 62.1. The maximum atomic E-state index is 11.9. The number of rotatable bonds is 0. The van der Waals surface area contributed by atoms with Crippen molar-refractivity contribution in [1.29, 1.82) is 0 Å². The van der Waals surface area contributed by atoms with Crippen molar-refractivity contribution in [2.24, 2.45) is 41.4 Å². The van der Waals surface area contributed by atoms with E-state index in [0.717, 1.165) is 12.8 Å². The van der Waals surface area contributed by atoms with Crippen molar-refractivity contribution >= 4 is 50.6 Å². The molecule has 0 N–H and O–H groups in total. The summed E-state index contributed by atoms with van der Waals surface area (Å²) in [5, 5.41) is -2.12. The van der Waals surface area contributed by atoms with Crippen LogP contribution in [-0.2, 0) is 95.2 Å². The van der Waals surface area contributed by atoms with E-state index in [0.29, 0.717) is 6.42 Å². The Morgan fingerprint density at radius 1 is 0.424 bits per heavy atom. The molecule has 25 heteroatoms. The fourth-order valence-electron chi connectivity index (χ4n) is 15.2. The van der Waals surface area contributed by atoms with Crippen LogP contribution in [0.2, 0.25) is 0 Å². The summed E-state index contributed by atoms with van der Waals surface area (Å²) in [5.74, 6) is 0.669. The van der Waals surface area contributed by atoms with Crippen LogP contribution in [0.4, 0.5) is 0 Å². The fraction of sp³-hybridized carbons (Fsp3) is 1.00. The van der Waals surface area contributed by atoms with Gasteiger partial charge in [0.1, 0.15) is 86.3 Å². The number of ether oxygens (including phenoxy) is 5. The number of hydrogen-bond donors (Lipinski definition) is 0. The van der Waals surface area contributed by atoms with Gasteiger partial charge in [-0.05, 0) is 27.7 Å². The molecule has 15 rings (SSSR count). The molecule has 376 valence electrons. The van der Waals surface area contributed by atoms with Gasteiger partial charge in [0.15, 0.2) is 0 Å². The van der Waals surface area contributed by atoms with Crippen LogP contribution in [-0.4, -0.2) is 158 Å². The van der Waals surface area contributed by atoms with Gasteiger partial charge in [-0.2, -0.15) is 42.1 Å². The molecule has 15 aliphatic heterocycles. The van der Waals surface area contributed by atoms with Crippen LogP contribution >= 0.6 is 0 Å². The van der Waals surface area contributed by atoms with Gasteiger partial charge in [-0.25, -0.2) is 0 Å². The smallest absolute Gasteiger partial charge is 0.273 e. The number of fused-ring (bicyclic) bond motifs is 5. The molecule has 20 nitrogen and oxygen atoms in total. The molecular weight excluding hydrogens is 973 g/mol. The molecule has 15 heterocycles. The van der Waals surface area contributed by atoms with Crippen LogP contribution in [0.15, 0.2) is 0 Å². The second-order valence-electron chi connectivity index (χ2n) is 22.5. The van der Waals surface area contributed by atoms with E-state index in [2.05, 4.69) is 0 Å². The summed E-state index contributed by atoms with van der Waals surface area (Å²) >= 11 is 0. The van der Waals surface area contributed by atoms with Crippen LogP contribution in [0.1, 0.15) is 95.4 Å². The molecule has 0 aliphatic carbocycles. The minimum atomic E-state index is -3.44. The number of hydrogen-bond acceptors (Lipinski definition) is 20. The van der Waals surface area contributed by atoms with E-state index in [-0.39, 0.29) is 125 Å². The van der Waals surface area contributed by atoms with Crippen LogP contribution in [0.5, 0.6) is 0 Å². The maximum Gasteiger partial charge on any atom is 0.273 e. The largest absolute Gasteiger partial charge is 0.370 e. The summed E-state index contributed by atoms with van der Waals surface area (Å²) in [4.78, 5) is 0. The highest BCUT2D eigenvalue weighted by atomic mass is 32.2. The average Bonchev–Trinajstić information content (AvgIpc) is 4.07. The van der Waals surface area contributed by atoms with Crippen molar-refractivity contribution in [2.75, 3.05) is 0 Å². The summed E-state index contributed by atoms with van der Waals surface area (Å²) in [7, 11) is -16.8. The Kier molecular flexibility index (Phi) is 10.2. The third kappa shape index (κ3) is 6.07. The lowest BCUT2D eigenvalue weighted by molar-refractivity contribution is -0.0104. The first-order valence-corrected chi connectivity index (χ1v) is 30.6. The van der Waals surface area contributed by atoms with Gasteiger partial charge in [-0.3, -0.25) is 20.9 Å². The Bertz CT molecular complexity index is 2650. The summed E-state index contributed by atoms with van der Waals surface area (Å²) in [6.45, 7) is 21.4. The first kappa shape index (κ1) is 47.7. The van der Waals surface area contributed by atoms with Crippen molar-refractivity contribution in [3.05, 3.63) is 0 Å². The summed E-state index contributed by atoms with van der Waals surface area (Å²) in [5.41, 5.74) is -1.84. The zero-order valence-electron chi connectivity index (χ0n) is 38.6. The van der Waals surface area contributed by atoms with Crippen molar-refractivity contribution in [3.8, 4) is 0 Å². The lowest BCUT2D eigenvalue weighted by atomic mass is 9.66. The third-order valence-corrected chi connectivity index (χ3v) is 28.7. The predicted octanol–water partition coefficient (Wildman–Crippen LogP) is 1.51. The zero-order chi connectivity index (χ0) is 48.0. The molecule has 27 atom stereocenters. The molecule has 15 fully saturated rings. The van der Waals surface area contributed by atoms with Crippen LogP contribution in [0.25, 0.3) is 0 Å². The summed E-state index contributed by atoms with van der Waals surface area (Å²) < 4.78 is 170. The molecule has 0 spiro atoms. The minimum absolute atomic E-state index is 0.0121. The van der Waals surface area contributed by atoms with E-state index >= 15 is 0 Å². The SMILES string of the molecule is CC1C2C3OC1(C)C(C)C3(C)OS2(=O)=O.CC1C2C3OC1(C)CC3OS2(=O)=O.CC1C2CC3OS(=O)(=O)C1C3(C)O2.CC1C2CC3OS(=O)(=O)C1C3O2.CC1C2OC3C1OS(=O)(=O)C3C2C. The minimum Gasteiger partial charge on any atom is -0.370 e. The first-order chi connectivity index (χ1) is 30.2. The summed E-state index contributed by atoms with van der Waals surface area (Å²) in [6, 6.07) is 0. The average molecular weight is 1040 g/mol. The Balaban J connectivity index is 0.0000000913. The summed E-state index contributed by atoms with van der Waals surface area (Å²) in [6.07, 6.45) is 0.787. The standard InChI is InChI=1S/C10H16O4S.3C8H12O4S.C7H10O4S/c1-5-7-8-10(4,14-15(7,11)12)6(2)9(5,3)13-8;1-4-7-6-5(12-13(7,9)10)3-8(4,2)11-6;1-4-5-3-6-8(2,11-5)7(4)13(9,10)12-6;1-3-5-4(2)8-7(11-5)6(3)12-13(8,9)10;1-3-4-2-5-6(10-4)7(3)12(8,9)11-5/h5-8H,1-4H3;2*4-7H,3H2,1-2H3;3-8H,1-2H3;3-7H,2H2,1H3. The lowest BCUT2D eigenvalue weighted by Crippen LogP contribution is -2.51. The molecule has 27 unspecified atom stereocenters. The van der Waals surface area contributed by atoms with Gasteiger partial charge in [0.25, 0.3) is 50.6 Å². The van der Waals surface area contributed by atoms with E-state index < -0.39 is 82.8 Å². The topological polar surface area (TPSA) is 263 Å². The van der Waals surface area contributed by atoms with E-state index in [4.69, 9.17) is 44.6 Å². The third-order valence-electron chi connectivity index (χ3n) is 19.2. The van der Waals surface area contributed by atoms with E-state index in [1.165, 1.54) is 0 Å². The van der Waals surface area contributed by atoms with Gasteiger partial charge >= 0.3 is 0 Å². The Morgan fingerprint density at radius 3 is 1.61 bits per heavy atom. The molecule has 10 bridgehead atoms. The Labute approximate surface area is 388 Å². The van der Waals surface area contributed by atoms with Crippen LogP contribution in [0, 0.1) is 41.4 Å². The Hall–Kier alpha value is -0.650. The van der Waals surface area contributed by atoms with Gasteiger partial charge < -0.3 is 23.7 Å². The Morgan fingerprint density at radius 2 is 1.05 bits per heavy atom. The van der Waals surface area contributed by atoms with E-state index in [9.17, 15) is 42.1 Å². The molecular formula is C41H62O20S5. The van der Waals surface area contributed by atoms with Gasteiger partial charge in [-0.15, -0.1) is 0 Å². The van der Waals surface area contributed by atoms with Crippen molar-refractivity contribution in [1.82, 2.24) is 0 Å². The first-order valence-electron chi connectivity index (χ1n) is 23.2. The van der Waals surface area contributed by atoms with Gasteiger partial charge in [0.2, 0.25) is 0 Å². The monoisotopic (exact) mass is 1030 g/mol. The highest BCUT2D eigenvalue weighted by Crippen LogP contribution is 2.64. The van der Waals surface area contributed by atoms with Crippen molar-refractivity contribution < 1.29 is 86.7 Å². The van der Waals surface area contributed by atoms with Gasteiger partial charge in [-0.1, -0.05) is 48.5 Å². The molecule has 0 aromatic carbocycles. The fourth-order valence-corrected chi connectivity index (χ4v) is 25.5. The molecule has 0 aromatic rings. The van der Waals surface area contributed by atoms with E-state index in [1.54, 1.807) is 0 Å². The molecule has 66 heavy (non-hydrogen) atoms. The predicted molar refractivity (Wildman–Crippen MR) is 228 cm³/mol. The van der Waals surface area contributed by atoms with Crippen molar-refractivity contribution in [2.45, 2.75) is 211 Å². The quantitative estimate of drug-likeness (QED) is 0.311. The molecule has 0 saturated carbocycles. The van der Waals surface area contributed by atoms with E-state index in [1.807, 2.05) is 76.2 Å². The molecule has 15 saturated heterocycles. The van der Waals surface area contributed by atoms with Gasteiger partial charge in [0.05, 0.1) is 29.5 Å². The van der Waals surface area contributed by atoms with Crippen LogP contribution < -0.4 is 0 Å². The molecule has 0 amide bonds. The lowest BCUT2D eigenvalue weighted by Gasteiger charge is -2.37.